The van der Waals surface area contributed by atoms with Crippen LogP contribution in [-0.4, -0.2) is 35.5 Å². The molecule has 0 saturated heterocycles. The third kappa shape index (κ3) is 9.33. The normalized spacial score (nSPS) is 15.6. The van der Waals surface area contributed by atoms with E-state index in [2.05, 4.69) is 6.58 Å². The molecule has 0 amide bonds. The number of non-ortho nitro benzene ring substituents is 1. The number of nitrogens with zero attached hydrogens (tertiary/aromatic N) is 4. The van der Waals surface area contributed by atoms with E-state index >= 15 is 0 Å². The molecule has 44 heavy (non-hydrogen) atoms. The number of nitro groups is 2. The van der Waals surface area contributed by atoms with Crippen LogP contribution in [-0.2, 0) is 12.4 Å². The molecule has 0 radical (unpaired) electrons. The maximum Gasteiger partial charge on any atom is 0.423 e. The summed E-state index contributed by atoms with van der Waals surface area (Å²) in [6, 6.07) is 6.35. The Morgan fingerprint density at radius 3 is 2.02 bits per heavy atom. The number of hydrogen-bond acceptors (Lipinski definition) is 6. The molecule has 0 atom stereocenters. The molecule has 4 rings (SSSR count). The highest BCUT2D eigenvalue weighted by Crippen LogP contribution is 2.41. The van der Waals surface area contributed by atoms with Gasteiger partial charge in [-0.25, -0.2) is 0 Å². The number of alkyl halides is 6. The molecule has 8 nitrogen and oxygen atoms in total. The first-order valence-corrected chi connectivity index (χ1v) is 14.5. The van der Waals surface area contributed by atoms with E-state index in [9.17, 15) is 46.6 Å². The highest BCUT2D eigenvalue weighted by molar-refractivity contribution is 5.60. The number of rotatable bonds is 11. The highest BCUT2D eigenvalue weighted by Gasteiger charge is 2.39. The van der Waals surface area contributed by atoms with Gasteiger partial charge in [-0.15, -0.1) is 6.58 Å². The highest BCUT2D eigenvalue weighted by atomic mass is 19.4. The van der Waals surface area contributed by atoms with E-state index in [0.717, 1.165) is 69.6 Å². The maximum absolute atomic E-state index is 13.2. The van der Waals surface area contributed by atoms with Crippen LogP contribution in [0.3, 0.4) is 0 Å². The summed E-state index contributed by atoms with van der Waals surface area (Å²) in [7, 11) is 0. The van der Waals surface area contributed by atoms with Crippen LogP contribution < -0.4 is 9.80 Å². The summed E-state index contributed by atoms with van der Waals surface area (Å²) in [5, 5.41) is 21.6. The minimum Gasteiger partial charge on any atom is -0.371 e. The Hall–Kier alpha value is -3.84. The summed E-state index contributed by atoms with van der Waals surface area (Å²) in [6.07, 6.45) is 0.106. The lowest BCUT2D eigenvalue weighted by molar-refractivity contribution is -0.388. The Labute approximate surface area is 251 Å². The summed E-state index contributed by atoms with van der Waals surface area (Å²) < 4.78 is 79.0. The van der Waals surface area contributed by atoms with Gasteiger partial charge in [-0.05, 0) is 56.2 Å². The lowest BCUT2D eigenvalue weighted by Crippen LogP contribution is -2.37. The average Bonchev–Trinajstić information content (AvgIpc) is 3.79. The van der Waals surface area contributed by atoms with Crippen molar-refractivity contribution in [1.29, 1.82) is 0 Å². The molecular formula is C30H36F6N4O4. The lowest BCUT2D eigenvalue weighted by atomic mass is 9.93. The largest absolute Gasteiger partial charge is 0.423 e. The minimum atomic E-state index is -4.76. The summed E-state index contributed by atoms with van der Waals surface area (Å²) in [4.78, 5) is 23.3. The predicted molar refractivity (Wildman–Crippen MR) is 156 cm³/mol. The molecular weight excluding hydrogens is 594 g/mol. The Kier molecular flexibility index (Phi) is 11.6. The molecule has 0 bridgehead atoms. The molecule has 0 aliphatic heterocycles. The lowest BCUT2D eigenvalue weighted by Gasteiger charge is -2.35. The van der Waals surface area contributed by atoms with Gasteiger partial charge in [0, 0.05) is 55.2 Å². The summed E-state index contributed by atoms with van der Waals surface area (Å²) in [5.74, 6) is 0.438. The van der Waals surface area contributed by atoms with Gasteiger partial charge in [0.2, 0.25) is 0 Å². The van der Waals surface area contributed by atoms with E-state index in [1.165, 1.54) is 12.1 Å². The van der Waals surface area contributed by atoms with Gasteiger partial charge in [-0.3, -0.25) is 20.2 Å². The number of halogens is 6. The van der Waals surface area contributed by atoms with Gasteiger partial charge in [-0.1, -0.05) is 32.3 Å². The standard InChI is InChI=1S/C16H19F3N2O2.C14H17F3N2O2/c1-2-10-20(12-6-4-3-5-7-12)13-8-9-15(21(22)23)14(11-13)16(17,18)19;1-2-7-18(9-10-3-4-10)13-6-5-11(19(20)21)8-12(13)14(15,16)17/h2,8-9,11-12H,1,3-7,10H2;5-6,8,10H,2-4,7,9H2,1H3. The first-order valence-electron chi connectivity index (χ1n) is 14.5. The molecule has 0 aromatic heterocycles. The smallest absolute Gasteiger partial charge is 0.371 e. The van der Waals surface area contributed by atoms with Crippen LogP contribution >= 0.6 is 0 Å². The number of benzene rings is 2. The summed E-state index contributed by atoms with van der Waals surface area (Å²) in [5.41, 5.74) is -3.18. The molecule has 2 aromatic rings. The van der Waals surface area contributed by atoms with Crippen molar-refractivity contribution in [2.45, 2.75) is 76.7 Å². The van der Waals surface area contributed by atoms with Crippen molar-refractivity contribution in [3.63, 3.8) is 0 Å². The molecule has 0 unspecified atom stereocenters. The molecule has 0 spiro atoms. The molecule has 2 aliphatic rings. The van der Waals surface area contributed by atoms with Gasteiger partial charge in [0.05, 0.1) is 15.4 Å². The Balaban J connectivity index is 0.000000241. The average molecular weight is 631 g/mol. The van der Waals surface area contributed by atoms with Crippen molar-refractivity contribution in [2.75, 3.05) is 29.4 Å². The number of nitro benzene ring substituents is 2. The molecule has 2 aromatic carbocycles. The van der Waals surface area contributed by atoms with E-state index in [-0.39, 0.29) is 11.7 Å². The first kappa shape index (κ1) is 34.6. The monoisotopic (exact) mass is 630 g/mol. The van der Waals surface area contributed by atoms with E-state index in [4.69, 9.17) is 0 Å². The van der Waals surface area contributed by atoms with Crippen LogP contribution in [0.1, 0.15) is 69.4 Å². The second-order valence-electron chi connectivity index (χ2n) is 11.0. The van der Waals surface area contributed by atoms with Crippen LogP contribution in [0.15, 0.2) is 49.1 Å². The Bertz CT molecular complexity index is 1310. The summed E-state index contributed by atoms with van der Waals surface area (Å²) >= 11 is 0. The molecule has 0 heterocycles. The van der Waals surface area contributed by atoms with Gasteiger partial charge < -0.3 is 9.80 Å². The Morgan fingerprint density at radius 2 is 1.52 bits per heavy atom. The van der Waals surface area contributed by atoms with E-state index in [0.29, 0.717) is 37.3 Å². The van der Waals surface area contributed by atoms with Crippen molar-refractivity contribution >= 4 is 22.7 Å². The second-order valence-corrected chi connectivity index (χ2v) is 11.0. The molecule has 0 N–H and O–H groups in total. The van der Waals surface area contributed by atoms with E-state index in [1.54, 1.807) is 11.0 Å². The predicted octanol–water partition coefficient (Wildman–Crippen LogP) is 9.18. The Morgan fingerprint density at radius 1 is 0.886 bits per heavy atom. The van der Waals surface area contributed by atoms with Crippen molar-refractivity contribution in [1.82, 2.24) is 0 Å². The van der Waals surface area contributed by atoms with Crippen molar-refractivity contribution in [3.8, 4) is 0 Å². The van der Waals surface area contributed by atoms with Crippen LogP contribution in [0.5, 0.6) is 0 Å². The third-order valence-corrected chi connectivity index (χ3v) is 7.66. The zero-order valence-corrected chi connectivity index (χ0v) is 24.4. The molecule has 2 fully saturated rings. The van der Waals surface area contributed by atoms with E-state index < -0.39 is 44.7 Å². The second kappa shape index (κ2) is 14.8. The van der Waals surface area contributed by atoms with Gasteiger partial charge in [-0.2, -0.15) is 26.3 Å². The summed E-state index contributed by atoms with van der Waals surface area (Å²) in [6.45, 7) is 7.07. The van der Waals surface area contributed by atoms with Crippen LogP contribution in [0.2, 0.25) is 0 Å². The van der Waals surface area contributed by atoms with E-state index in [1.807, 2.05) is 11.8 Å². The molecule has 14 heteroatoms. The molecule has 242 valence electrons. The van der Waals surface area contributed by atoms with Gasteiger partial charge in [0.1, 0.15) is 5.56 Å². The van der Waals surface area contributed by atoms with Gasteiger partial charge in [0.15, 0.2) is 0 Å². The van der Waals surface area contributed by atoms with Crippen molar-refractivity contribution in [3.05, 3.63) is 80.4 Å². The minimum absolute atomic E-state index is 0.0434. The van der Waals surface area contributed by atoms with Crippen LogP contribution in [0, 0.1) is 26.1 Å². The number of anilines is 2. The fraction of sp³-hybridized carbons (Fsp3) is 0.533. The molecule has 2 aliphatic carbocycles. The fourth-order valence-corrected chi connectivity index (χ4v) is 5.42. The fourth-order valence-electron chi connectivity index (χ4n) is 5.42. The van der Waals surface area contributed by atoms with Gasteiger partial charge >= 0.3 is 12.4 Å². The van der Waals surface area contributed by atoms with Crippen molar-refractivity contribution in [2.24, 2.45) is 5.92 Å². The van der Waals surface area contributed by atoms with Crippen LogP contribution in [0.25, 0.3) is 0 Å². The molecule has 2 saturated carbocycles. The topological polar surface area (TPSA) is 92.8 Å². The van der Waals surface area contributed by atoms with Crippen molar-refractivity contribution < 1.29 is 36.2 Å². The third-order valence-electron chi connectivity index (χ3n) is 7.66. The zero-order chi connectivity index (χ0) is 32.7. The number of hydrogen-bond donors (Lipinski definition) is 0. The van der Waals surface area contributed by atoms with Gasteiger partial charge in [0.25, 0.3) is 11.4 Å². The quantitative estimate of drug-likeness (QED) is 0.106. The first-order chi connectivity index (χ1) is 20.7. The maximum atomic E-state index is 13.2. The van der Waals surface area contributed by atoms with Crippen LogP contribution in [0.4, 0.5) is 49.1 Å². The SMILES string of the molecule is C=CCN(c1ccc([N+](=O)[O-])c(C(F)(F)F)c1)C1CCCCC1.CCCN(CC1CC1)c1ccc([N+](=O)[O-])cc1C(F)(F)F. The zero-order valence-electron chi connectivity index (χ0n) is 24.4.